The maximum atomic E-state index is 6.03. The molecule has 0 N–H and O–H groups in total. The van der Waals surface area contributed by atoms with Crippen molar-refractivity contribution in [1.82, 2.24) is 0 Å². The Kier molecular flexibility index (Phi) is 5.53. The van der Waals surface area contributed by atoms with Crippen molar-refractivity contribution < 1.29 is 4.74 Å². The average Bonchev–Trinajstić information content (AvgIpc) is 2.15. The van der Waals surface area contributed by atoms with Gasteiger partial charge in [-0.25, -0.2) is 0 Å². The van der Waals surface area contributed by atoms with Crippen LogP contribution >= 0.6 is 27.5 Å². The fraction of sp³-hybridized carbons (Fsp3) is 0.455. The van der Waals surface area contributed by atoms with Gasteiger partial charge in [0.15, 0.2) is 0 Å². The maximum absolute atomic E-state index is 6.03. The topological polar surface area (TPSA) is 9.23 Å². The quantitative estimate of drug-likeness (QED) is 0.747. The molecule has 14 heavy (non-hydrogen) atoms. The number of alkyl halides is 1. The lowest BCUT2D eigenvalue weighted by atomic mass is 10.1. The molecule has 1 atom stereocenters. The summed E-state index contributed by atoms with van der Waals surface area (Å²) in [5.41, 5.74) is 1.31. The van der Waals surface area contributed by atoms with Crippen LogP contribution in [0.2, 0.25) is 0 Å². The zero-order valence-corrected chi connectivity index (χ0v) is 10.5. The average molecular weight is 278 g/mol. The first kappa shape index (κ1) is 12.0. The zero-order valence-electron chi connectivity index (χ0n) is 8.17. The molecule has 0 aliphatic carbocycles. The van der Waals surface area contributed by atoms with Crippen molar-refractivity contribution in [3.63, 3.8) is 0 Å². The van der Waals surface area contributed by atoms with Gasteiger partial charge < -0.3 is 4.74 Å². The Hall–Kier alpha value is -0.0500. The molecule has 0 spiro atoms. The van der Waals surface area contributed by atoms with Gasteiger partial charge in [0.25, 0.3) is 0 Å². The van der Waals surface area contributed by atoms with E-state index in [2.05, 4.69) is 28.1 Å². The standard InChI is InChI=1S/C11H14BrClO/c1-14-8-11(13)6-5-9-3-2-4-10(12)7-9/h2-4,7,11H,5-6,8H2,1H3. The molecule has 1 aromatic rings. The van der Waals surface area contributed by atoms with E-state index in [1.807, 2.05) is 12.1 Å². The molecule has 78 valence electrons. The Morgan fingerprint density at radius 3 is 2.93 bits per heavy atom. The third-order valence-corrected chi connectivity index (χ3v) is 2.82. The largest absolute Gasteiger partial charge is 0.383 e. The first-order chi connectivity index (χ1) is 6.72. The minimum atomic E-state index is 0.110. The molecule has 0 saturated carbocycles. The highest BCUT2D eigenvalue weighted by Crippen LogP contribution is 2.15. The van der Waals surface area contributed by atoms with Crippen molar-refractivity contribution in [3.05, 3.63) is 34.3 Å². The summed E-state index contributed by atoms with van der Waals surface area (Å²) in [5, 5.41) is 0.110. The van der Waals surface area contributed by atoms with Gasteiger partial charge >= 0.3 is 0 Å². The summed E-state index contributed by atoms with van der Waals surface area (Å²) in [6.45, 7) is 0.621. The maximum Gasteiger partial charge on any atom is 0.0626 e. The number of hydrogen-bond acceptors (Lipinski definition) is 1. The van der Waals surface area contributed by atoms with E-state index >= 15 is 0 Å². The number of methoxy groups -OCH3 is 1. The lowest BCUT2D eigenvalue weighted by Crippen LogP contribution is -2.08. The summed E-state index contributed by atoms with van der Waals surface area (Å²) >= 11 is 9.48. The van der Waals surface area contributed by atoms with Crippen LogP contribution < -0.4 is 0 Å². The van der Waals surface area contributed by atoms with Crippen molar-refractivity contribution in [3.8, 4) is 0 Å². The molecule has 3 heteroatoms. The molecular formula is C11H14BrClO. The number of aryl methyl sites for hydroxylation is 1. The van der Waals surface area contributed by atoms with Crippen LogP contribution in [0.1, 0.15) is 12.0 Å². The second-order valence-corrected chi connectivity index (χ2v) is 4.75. The predicted octanol–water partition coefficient (Wildman–Crippen LogP) is 3.64. The van der Waals surface area contributed by atoms with E-state index in [9.17, 15) is 0 Å². The molecule has 0 heterocycles. The molecule has 0 bridgehead atoms. The Balaban J connectivity index is 2.37. The summed E-state index contributed by atoms with van der Waals surface area (Å²) in [7, 11) is 1.68. The van der Waals surface area contributed by atoms with E-state index in [-0.39, 0.29) is 5.38 Å². The van der Waals surface area contributed by atoms with Gasteiger partial charge in [-0.1, -0.05) is 28.1 Å². The van der Waals surface area contributed by atoms with E-state index in [0.29, 0.717) is 6.61 Å². The predicted molar refractivity (Wildman–Crippen MR) is 64.0 cm³/mol. The number of halogens is 2. The second-order valence-electron chi connectivity index (χ2n) is 3.22. The lowest BCUT2D eigenvalue weighted by molar-refractivity contribution is 0.195. The fourth-order valence-electron chi connectivity index (χ4n) is 1.28. The molecule has 1 aromatic carbocycles. The minimum Gasteiger partial charge on any atom is -0.383 e. The Bertz CT molecular complexity index is 278. The molecule has 0 aliphatic heterocycles. The number of benzene rings is 1. The van der Waals surface area contributed by atoms with Crippen molar-refractivity contribution in [2.45, 2.75) is 18.2 Å². The molecular weight excluding hydrogens is 263 g/mol. The van der Waals surface area contributed by atoms with Gasteiger partial charge in [0.1, 0.15) is 0 Å². The van der Waals surface area contributed by atoms with Gasteiger partial charge in [0.2, 0.25) is 0 Å². The van der Waals surface area contributed by atoms with Gasteiger partial charge in [-0.05, 0) is 30.5 Å². The molecule has 1 nitrogen and oxygen atoms in total. The first-order valence-corrected chi connectivity index (χ1v) is 5.82. The van der Waals surface area contributed by atoms with Crippen molar-refractivity contribution >= 4 is 27.5 Å². The molecule has 0 aliphatic rings. The molecule has 0 saturated heterocycles. The van der Waals surface area contributed by atoms with Gasteiger partial charge in [-0.3, -0.25) is 0 Å². The third kappa shape index (κ3) is 4.45. The van der Waals surface area contributed by atoms with Gasteiger partial charge in [0, 0.05) is 11.6 Å². The first-order valence-electron chi connectivity index (χ1n) is 4.60. The van der Waals surface area contributed by atoms with Crippen molar-refractivity contribution in [2.24, 2.45) is 0 Å². The van der Waals surface area contributed by atoms with Crippen molar-refractivity contribution in [1.29, 1.82) is 0 Å². The Labute approximate surface area is 98.5 Å². The summed E-state index contributed by atoms with van der Waals surface area (Å²) in [5.74, 6) is 0. The summed E-state index contributed by atoms with van der Waals surface area (Å²) in [4.78, 5) is 0. The van der Waals surface area contributed by atoms with Crippen LogP contribution in [0, 0.1) is 0 Å². The third-order valence-electron chi connectivity index (χ3n) is 1.98. The summed E-state index contributed by atoms with van der Waals surface area (Å²) in [6, 6.07) is 8.30. The Morgan fingerprint density at radius 2 is 2.29 bits per heavy atom. The smallest absolute Gasteiger partial charge is 0.0626 e. The normalized spacial score (nSPS) is 12.8. The molecule has 0 radical (unpaired) electrons. The van der Waals surface area contributed by atoms with Crippen LogP contribution in [-0.4, -0.2) is 19.1 Å². The van der Waals surface area contributed by atoms with Crippen LogP contribution in [0.5, 0.6) is 0 Å². The molecule has 1 unspecified atom stereocenters. The molecule has 1 rings (SSSR count). The fourth-order valence-corrected chi connectivity index (χ4v) is 1.96. The SMILES string of the molecule is COCC(Cl)CCc1cccc(Br)c1. The van der Waals surface area contributed by atoms with E-state index in [4.69, 9.17) is 16.3 Å². The molecule has 0 aromatic heterocycles. The number of hydrogen-bond donors (Lipinski definition) is 0. The second kappa shape index (κ2) is 6.44. The highest BCUT2D eigenvalue weighted by Gasteiger charge is 2.04. The Morgan fingerprint density at radius 1 is 1.50 bits per heavy atom. The highest BCUT2D eigenvalue weighted by atomic mass is 79.9. The summed E-state index contributed by atoms with van der Waals surface area (Å²) < 4.78 is 6.09. The van der Waals surface area contributed by atoms with Crippen LogP contribution in [0.25, 0.3) is 0 Å². The van der Waals surface area contributed by atoms with Crippen LogP contribution in [0.3, 0.4) is 0 Å². The number of rotatable bonds is 5. The van der Waals surface area contributed by atoms with E-state index in [0.717, 1.165) is 17.3 Å². The van der Waals surface area contributed by atoms with E-state index in [1.165, 1.54) is 5.56 Å². The van der Waals surface area contributed by atoms with Gasteiger partial charge in [-0.2, -0.15) is 0 Å². The monoisotopic (exact) mass is 276 g/mol. The molecule has 0 amide bonds. The van der Waals surface area contributed by atoms with E-state index in [1.54, 1.807) is 7.11 Å². The zero-order chi connectivity index (χ0) is 10.4. The van der Waals surface area contributed by atoms with Crippen LogP contribution in [0.15, 0.2) is 28.7 Å². The summed E-state index contributed by atoms with van der Waals surface area (Å²) in [6.07, 6.45) is 1.95. The van der Waals surface area contributed by atoms with Crippen LogP contribution in [-0.2, 0) is 11.2 Å². The van der Waals surface area contributed by atoms with E-state index < -0.39 is 0 Å². The van der Waals surface area contributed by atoms with Crippen LogP contribution in [0.4, 0.5) is 0 Å². The lowest BCUT2D eigenvalue weighted by Gasteiger charge is -2.07. The van der Waals surface area contributed by atoms with Gasteiger partial charge in [0.05, 0.1) is 12.0 Å². The molecule has 0 fully saturated rings. The minimum absolute atomic E-state index is 0.110. The van der Waals surface area contributed by atoms with Gasteiger partial charge in [-0.15, -0.1) is 11.6 Å². The number of ether oxygens (including phenoxy) is 1. The highest BCUT2D eigenvalue weighted by molar-refractivity contribution is 9.10. The van der Waals surface area contributed by atoms with Crippen molar-refractivity contribution in [2.75, 3.05) is 13.7 Å².